The van der Waals surface area contributed by atoms with E-state index in [2.05, 4.69) is 0 Å². The molecule has 6 heteroatoms. The van der Waals surface area contributed by atoms with E-state index in [4.69, 9.17) is 4.74 Å². The molecule has 0 aromatic heterocycles. The van der Waals surface area contributed by atoms with E-state index >= 15 is 0 Å². The number of hydrogen-bond acceptors (Lipinski definition) is 3. The summed E-state index contributed by atoms with van der Waals surface area (Å²) in [6.07, 6.45) is 0.359. The number of halogens is 2. The first kappa shape index (κ1) is 16.8. The van der Waals surface area contributed by atoms with Crippen LogP contribution in [0.25, 0.3) is 0 Å². The topological polar surface area (TPSA) is 32.8 Å². The summed E-state index contributed by atoms with van der Waals surface area (Å²) in [5.74, 6) is -0.816. The average Bonchev–Trinajstić information content (AvgIpc) is 2.54. The Kier molecular flexibility index (Phi) is 5.85. The molecule has 1 heterocycles. The second kappa shape index (κ2) is 7.65. The molecule has 0 radical (unpaired) electrons. The summed E-state index contributed by atoms with van der Waals surface area (Å²) in [4.78, 5) is 15.7. The van der Waals surface area contributed by atoms with Crippen LogP contribution in [0.1, 0.15) is 24.9 Å². The summed E-state index contributed by atoms with van der Waals surface area (Å²) in [7, 11) is 1.81. The summed E-state index contributed by atoms with van der Waals surface area (Å²) in [5.41, 5.74) is 0.307. The molecule has 1 atom stereocenters. The molecule has 1 unspecified atom stereocenters. The highest BCUT2D eigenvalue weighted by molar-refractivity contribution is 5.76. The van der Waals surface area contributed by atoms with Crippen LogP contribution in [-0.2, 0) is 9.53 Å². The zero-order chi connectivity index (χ0) is 16.1. The van der Waals surface area contributed by atoms with Crippen LogP contribution >= 0.6 is 0 Å². The van der Waals surface area contributed by atoms with Crippen molar-refractivity contribution >= 4 is 5.91 Å². The third-order valence-corrected chi connectivity index (χ3v) is 4.11. The molecule has 2 rings (SSSR count). The lowest BCUT2D eigenvalue weighted by Crippen LogP contribution is -2.41. The van der Waals surface area contributed by atoms with Gasteiger partial charge in [0.05, 0.1) is 13.2 Å². The first-order chi connectivity index (χ1) is 10.5. The number of nitrogens with zero attached hydrogens (tertiary/aromatic N) is 2. The maximum absolute atomic E-state index is 13.8. The van der Waals surface area contributed by atoms with Crippen LogP contribution < -0.4 is 0 Å². The molecule has 1 aromatic rings. The molecule has 122 valence electrons. The zero-order valence-electron chi connectivity index (χ0n) is 13.0. The van der Waals surface area contributed by atoms with Crippen molar-refractivity contribution in [3.05, 3.63) is 35.4 Å². The predicted octanol–water partition coefficient (Wildman–Crippen LogP) is 2.21. The van der Waals surface area contributed by atoms with Crippen molar-refractivity contribution in [2.75, 3.05) is 39.9 Å². The number of amides is 1. The Balaban J connectivity index is 1.89. The molecular weight excluding hydrogens is 290 g/mol. The lowest BCUT2D eigenvalue weighted by molar-refractivity contribution is -0.135. The monoisotopic (exact) mass is 312 g/mol. The number of ether oxygens (including phenoxy) is 1. The molecule has 0 spiro atoms. The van der Waals surface area contributed by atoms with Crippen molar-refractivity contribution in [1.82, 2.24) is 9.80 Å². The number of carbonyl (C=O) groups is 1. The van der Waals surface area contributed by atoms with E-state index in [1.54, 1.807) is 11.8 Å². The molecule has 1 aliphatic heterocycles. The fourth-order valence-corrected chi connectivity index (χ4v) is 2.51. The van der Waals surface area contributed by atoms with E-state index < -0.39 is 11.6 Å². The van der Waals surface area contributed by atoms with Crippen LogP contribution in [0.2, 0.25) is 0 Å². The second-order valence-electron chi connectivity index (χ2n) is 5.57. The third kappa shape index (κ3) is 4.24. The van der Waals surface area contributed by atoms with E-state index in [1.807, 2.05) is 11.9 Å². The molecule has 1 aromatic carbocycles. The highest BCUT2D eigenvalue weighted by Crippen LogP contribution is 2.23. The molecule has 4 nitrogen and oxygen atoms in total. The van der Waals surface area contributed by atoms with Gasteiger partial charge < -0.3 is 9.64 Å². The standard InChI is InChI=1S/C16H22F2N2O2/c1-12(14-11-13(17)3-4-15(14)18)19(2)6-5-16(21)20-7-9-22-10-8-20/h3-4,11-12H,5-10H2,1-2H3. The van der Waals surface area contributed by atoms with Crippen LogP contribution in [0.3, 0.4) is 0 Å². The molecule has 0 aliphatic carbocycles. The average molecular weight is 312 g/mol. The fraction of sp³-hybridized carbons (Fsp3) is 0.562. The Labute approximate surface area is 129 Å². The summed E-state index contributed by atoms with van der Waals surface area (Å²) >= 11 is 0. The lowest BCUT2D eigenvalue weighted by atomic mass is 10.1. The van der Waals surface area contributed by atoms with Crippen LogP contribution in [0.4, 0.5) is 8.78 Å². The third-order valence-electron chi connectivity index (χ3n) is 4.11. The van der Waals surface area contributed by atoms with Gasteiger partial charge in [-0.3, -0.25) is 9.69 Å². The Morgan fingerprint density at radius 1 is 1.36 bits per heavy atom. The van der Waals surface area contributed by atoms with Gasteiger partial charge in [-0.2, -0.15) is 0 Å². The van der Waals surface area contributed by atoms with E-state index in [9.17, 15) is 13.6 Å². The molecule has 1 amide bonds. The molecule has 0 saturated carbocycles. The van der Waals surface area contributed by atoms with E-state index in [0.29, 0.717) is 44.8 Å². The van der Waals surface area contributed by atoms with Gasteiger partial charge in [-0.15, -0.1) is 0 Å². The van der Waals surface area contributed by atoms with E-state index in [0.717, 1.165) is 12.1 Å². The van der Waals surface area contributed by atoms with Crippen molar-refractivity contribution in [2.24, 2.45) is 0 Å². The second-order valence-corrected chi connectivity index (χ2v) is 5.57. The van der Waals surface area contributed by atoms with Crippen LogP contribution in [0.5, 0.6) is 0 Å². The molecule has 0 bridgehead atoms. The first-order valence-electron chi connectivity index (χ1n) is 7.49. The summed E-state index contributed by atoms with van der Waals surface area (Å²) in [5, 5.41) is 0. The van der Waals surface area contributed by atoms with Gasteiger partial charge in [0.25, 0.3) is 0 Å². The van der Waals surface area contributed by atoms with Gasteiger partial charge in [-0.25, -0.2) is 8.78 Å². The van der Waals surface area contributed by atoms with Crippen molar-refractivity contribution in [2.45, 2.75) is 19.4 Å². The maximum atomic E-state index is 13.8. The minimum atomic E-state index is -0.457. The fourth-order valence-electron chi connectivity index (χ4n) is 2.51. The number of carbonyl (C=O) groups excluding carboxylic acids is 1. The molecule has 1 fully saturated rings. The van der Waals surface area contributed by atoms with Crippen LogP contribution in [-0.4, -0.2) is 55.6 Å². The smallest absolute Gasteiger partial charge is 0.224 e. The van der Waals surface area contributed by atoms with Gasteiger partial charge in [0.15, 0.2) is 0 Å². The number of morpholine rings is 1. The Morgan fingerprint density at radius 3 is 2.73 bits per heavy atom. The first-order valence-corrected chi connectivity index (χ1v) is 7.49. The van der Waals surface area contributed by atoms with Crippen molar-refractivity contribution < 1.29 is 18.3 Å². The zero-order valence-corrected chi connectivity index (χ0v) is 13.0. The molecule has 1 saturated heterocycles. The summed E-state index contributed by atoms with van der Waals surface area (Å²) < 4.78 is 32.3. The Morgan fingerprint density at radius 2 is 2.05 bits per heavy atom. The Hall–Kier alpha value is -1.53. The number of benzene rings is 1. The lowest BCUT2D eigenvalue weighted by Gasteiger charge is -2.29. The van der Waals surface area contributed by atoms with Crippen molar-refractivity contribution in [1.29, 1.82) is 0 Å². The quantitative estimate of drug-likeness (QED) is 0.836. The summed E-state index contributed by atoms with van der Waals surface area (Å²) in [6, 6.07) is 3.15. The molecule has 1 aliphatic rings. The SMILES string of the molecule is CC(c1cc(F)ccc1F)N(C)CCC(=O)N1CCOCC1. The normalized spacial score (nSPS) is 16.9. The van der Waals surface area contributed by atoms with Gasteiger partial charge >= 0.3 is 0 Å². The molecule has 22 heavy (non-hydrogen) atoms. The Bertz CT molecular complexity index is 519. The minimum absolute atomic E-state index is 0.0714. The highest BCUT2D eigenvalue weighted by atomic mass is 19.1. The van der Waals surface area contributed by atoms with Gasteiger partial charge in [0.2, 0.25) is 5.91 Å². The van der Waals surface area contributed by atoms with Crippen molar-refractivity contribution in [3.8, 4) is 0 Å². The van der Waals surface area contributed by atoms with E-state index in [1.165, 1.54) is 6.07 Å². The maximum Gasteiger partial charge on any atom is 0.224 e. The summed E-state index contributed by atoms with van der Waals surface area (Å²) in [6.45, 7) is 4.69. The number of rotatable bonds is 5. The predicted molar refractivity (Wildman–Crippen MR) is 79.4 cm³/mol. The van der Waals surface area contributed by atoms with E-state index in [-0.39, 0.29) is 11.9 Å². The molecular formula is C16H22F2N2O2. The largest absolute Gasteiger partial charge is 0.378 e. The van der Waals surface area contributed by atoms with Gasteiger partial charge in [-0.1, -0.05) is 0 Å². The highest BCUT2D eigenvalue weighted by Gasteiger charge is 2.20. The van der Waals surface area contributed by atoms with Gasteiger partial charge in [0.1, 0.15) is 11.6 Å². The van der Waals surface area contributed by atoms with Gasteiger partial charge in [-0.05, 0) is 32.2 Å². The van der Waals surface area contributed by atoms with Gasteiger partial charge in [0, 0.05) is 37.7 Å². The number of hydrogen-bond donors (Lipinski definition) is 0. The van der Waals surface area contributed by atoms with Crippen LogP contribution in [0.15, 0.2) is 18.2 Å². The van der Waals surface area contributed by atoms with Crippen LogP contribution in [0, 0.1) is 11.6 Å². The molecule has 0 N–H and O–H groups in total. The minimum Gasteiger partial charge on any atom is -0.378 e. The van der Waals surface area contributed by atoms with Crippen molar-refractivity contribution in [3.63, 3.8) is 0 Å².